The summed E-state index contributed by atoms with van der Waals surface area (Å²) in [4.78, 5) is 28.3. The average molecular weight is 478 g/mol. The quantitative estimate of drug-likeness (QED) is 0.434. The Labute approximate surface area is 198 Å². The monoisotopic (exact) mass is 478 g/mol. The molecule has 3 aromatic rings. The molecule has 0 spiro atoms. The van der Waals surface area contributed by atoms with Gasteiger partial charge in [-0.05, 0) is 55.2 Å². The number of urea groups is 1. The molecule has 2 aromatic carbocycles. The zero-order valence-corrected chi connectivity index (χ0v) is 18.3. The zero-order chi connectivity index (χ0) is 24.3. The van der Waals surface area contributed by atoms with Gasteiger partial charge in [0.2, 0.25) is 5.91 Å². The second-order valence-electron chi connectivity index (χ2n) is 9.04. The van der Waals surface area contributed by atoms with Gasteiger partial charge < -0.3 is 25.8 Å². The van der Waals surface area contributed by atoms with Gasteiger partial charge in [0, 0.05) is 35.7 Å². The Balaban J connectivity index is 1.18. The molecule has 0 radical (unpaired) electrons. The number of hydrogen-bond acceptors (Lipinski definition) is 5. The van der Waals surface area contributed by atoms with Crippen LogP contribution < -0.4 is 20.7 Å². The molecule has 0 bridgehead atoms. The van der Waals surface area contributed by atoms with Crippen molar-refractivity contribution in [3.8, 4) is 17.2 Å². The standard InChI is InChI=1S/C25H20F2N4O4/c26-12-1-4-17(27)18(9-12)29-24(34)31-25-11-16(25)22(25)15-10-13(2-5-19(15)32)35-20-7-8-28-23-14(20)3-6-21(33)30-23/h1-2,4-5,7-10,16,22,32H,3,6,11H2,(H,28,30,33)(H2,29,31,34). The molecule has 1 aliphatic heterocycles. The van der Waals surface area contributed by atoms with Crippen LogP contribution in [-0.4, -0.2) is 27.6 Å². The lowest BCUT2D eigenvalue weighted by Crippen LogP contribution is -2.36. The molecule has 2 saturated carbocycles. The number of carbonyl (C=O) groups is 2. The highest BCUT2D eigenvalue weighted by molar-refractivity contribution is 5.93. The summed E-state index contributed by atoms with van der Waals surface area (Å²) < 4.78 is 33.3. The summed E-state index contributed by atoms with van der Waals surface area (Å²) in [6.07, 6.45) is 3.12. The zero-order valence-electron chi connectivity index (χ0n) is 18.3. The number of halogens is 2. The van der Waals surface area contributed by atoms with Crippen molar-refractivity contribution in [3.05, 3.63) is 71.4 Å². The first-order valence-electron chi connectivity index (χ1n) is 11.2. The van der Waals surface area contributed by atoms with Crippen molar-refractivity contribution in [2.24, 2.45) is 5.92 Å². The van der Waals surface area contributed by atoms with Crippen molar-refractivity contribution in [2.75, 3.05) is 10.6 Å². The number of rotatable bonds is 5. The lowest BCUT2D eigenvalue weighted by atomic mass is 9.99. The first kappa shape index (κ1) is 21.3. The molecule has 3 unspecified atom stereocenters. The number of benzene rings is 2. The minimum atomic E-state index is -0.737. The van der Waals surface area contributed by atoms with E-state index in [1.807, 2.05) is 0 Å². The lowest BCUT2D eigenvalue weighted by molar-refractivity contribution is -0.116. The Hall–Kier alpha value is -4.21. The largest absolute Gasteiger partial charge is 0.508 e. The number of phenolic OH excluding ortho intramolecular Hbond substituents is 1. The molecule has 4 N–H and O–H groups in total. The van der Waals surface area contributed by atoms with Crippen LogP contribution in [0.3, 0.4) is 0 Å². The van der Waals surface area contributed by atoms with Gasteiger partial charge >= 0.3 is 6.03 Å². The number of aromatic nitrogens is 1. The fraction of sp³-hybridized carbons (Fsp3) is 0.240. The Morgan fingerprint density at radius 2 is 2.03 bits per heavy atom. The predicted molar refractivity (Wildman–Crippen MR) is 121 cm³/mol. The fourth-order valence-corrected chi connectivity index (χ4v) is 4.91. The smallest absolute Gasteiger partial charge is 0.319 e. The van der Waals surface area contributed by atoms with E-state index >= 15 is 0 Å². The van der Waals surface area contributed by atoms with Crippen molar-refractivity contribution in [1.82, 2.24) is 10.3 Å². The summed E-state index contributed by atoms with van der Waals surface area (Å²) in [5, 5.41) is 18.4. The maximum atomic E-state index is 13.9. The lowest BCUT2D eigenvalue weighted by Gasteiger charge is -2.20. The van der Waals surface area contributed by atoms with Gasteiger partial charge in [-0.25, -0.2) is 18.6 Å². The van der Waals surface area contributed by atoms with Gasteiger partial charge in [0.15, 0.2) is 0 Å². The van der Waals surface area contributed by atoms with Crippen LogP contribution in [0.2, 0.25) is 0 Å². The molecule has 2 fully saturated rings. The topological polar surface area (TPSA) is 113 Å². The van der Waals surface area contributed by atoms with E-state index in [0.717, 1.165) is 30.2 Å². The van der Waals surface area contributed by atoms with Gasteiger partial charge in [-0.15, -0.1) is 0 Å². The molecule has 35 heavy (non-hydrogen) atoms. The Kier molecular flexibility index (Phi) is 4.67. The highest BCUT2D eigenvalue weighted by atomic mass is 19.1. The molecule has 2 heterocycles. The van der Waals surface area contributed by atoms with Crippen LogP contribution in [0, 0.1) is 17.6 Å². The number of phenols is 1. The normalized spacial score (nSPS) is 23.4. The first-order chi connectivity index (χ1) is 16.8. The summed E-state index contributed by atoms with van der Waals surface area (Å²) in [6.45, 7) is 0. The van der Waals surface area contributed by atoms with E-state index in [2.05, 4.69) is 20.9 Å². The van der Waals surface area contributed by atoms with Gasteiger partial charge in [-0.1, -0.05) is 0 Å². The minimum Gasteiger partial charge on any atom is -0.508 e. The number of anilines is 2. The van der Waals surface area contributed by atoms with Crippen LogP contribution >= 0.6 is 0 Å². The molecule has 3 amide bonds. The summed E-state index contributed by atoms with van der Waals surface area (Å²) in [5.41, 5.74) is 0.649. The molecule has 1 aromatic heterocycles. The van der Waals surface area contributed by atoms with Crippen LogP contribution in [0.5, 0.6) is 17.2 Å². The van der Waals surface area contributed by atoms with E-state index in [4.69, 9.17) is 4.74 Å². The van der Waals surface area contributed by atoms with Crippen molar-refractivity contribution in [3.63, 3.8) is 0 Å². The number of nitrogens with zero attached hydrogens (tertiary/aromatic N) is 1. The minimum absolute atomic E-state index is 0.0799. The van der Waals surface area contributed by atoms with Crippen LogP contribution in [-0.2, 0) is 11.2 Å². The van der Waals surface area contributed by atoms with Crippen LogP contribution in [0.15, 0.2) is 48.7 Å². The number of pyridine rings is 1. The second kappa shape index (κ2) is 7.66. The SMILES string of the molecule is O=C1CCc2c(Oc3ccc(O)c(C4C5CC54NC(=O)Nc4cc(F)ccc4F)c3)ccnc2N1. The van der Waals surface area contributed by atoms with E-state index in [1.54, 1.807) is 24.4 Å². The number of amides is 3. The predicted octanol–water partition coefficient (Wildman–Crippen LogP) is 4.42. The van der Waals surface area contributed by atoms with E-state index in [0.29, 0.717) is 35.7 Å². The van der Waals surface area contributed by atoms with Gasteiger partial charge in [0.25, 0.3) is 0 Å². The molecule has 6 rings (SSSR count). The third kappa shape index (κ3) is 3.71. The van der Waals surface area contributed by atoms with Crippen molar-refractivity contribution in [1.29, 1.82) is 0 Å². The Morgan fingerprint density at radius 1 is 1.17 bits per heavy atom. The maximum absolute atomic E-state index is 13.9. The number of carbonyl (C=O) groups excluding carboxylic acids is 2. The van der Waals surface area contributed by atoms with E-state index in [9.17, 15) is 23.5 Å². The van der Waals surface area contributed by atoms with Gasteiger partial charge in [-0.3, -0.25) is 4.79 Å². The Bertz CT molecular complexity index is 1400. The highest BCUT2D eigenvalue weighted by Gasteiger charge is 2.80. The molecule has 178 valence electrons. The molecule has 0 saturated heterocycles. The maximum Gasteiger partial charge on any atom is 0.319 e. The molecule has 10 heteroatoms. The molecular formula is C25H20F2N4O4. The second-order valence-corrected chi connectivity index (χ2v) is 9.04. The molecule has 2 aliphatic carbocycles. The number of nitrogens with one attached hydrogen (secondary N) is 3. The highest BCUT2D eigenvalue weighted by Crippen LogP contribution is 2.77. The molecule has 3 atom stereocenters. The Morgan fingerprint density at radius 3 is 2.86 bits per heavy atom. The number of hydrogen-bond donors (Lipinski definition) is 4. The van der Waals surface area contributed by atoms with E-state index < -0.39 is 23.2 Å². The summed E-state index contributed by atoms with van der Waals surface area (Å²) in [5.74, 6) is 0.140. The van der Waals surface area contributed by atoms with Gasteiger partial charge in [0.05, 0.1) is 11.2 Å². The van der Waals surface area contributed by atoms with E-state index in [1.165, 1.54) is 6.07 Å². The molecular weight excluding hydrogens is 458 g/mol. The van der Waals surface area contributed by atoms with Crippen molar-refractivity contribution >= 4 is 23.4 Å². The van der Waals surface area contributed by atoms with E-state index in [-0.39, 0.29) is 29.2 Å². The fourth-order valence-electron chi connectivity index (χ4n) is 4.91. The van der Waals surface area contributed by atoms with Crippen molar-refractivity contribution < 1.29 is 28.2 Å². The third-order valence-electron chi connectivity index (χ3n) is 6.86. The van der Waals surface area contributed by atoms with Crippen molar-refractivity contribution in [2.45, 2.75) is 30.7 Å². The number of aromatic hydroxyl groups is 1. The number of fused-ring (bicyclic) bond motifs is 2. The van der Waals surface area contributed by atoms with Gasteiger partial charge in [0.1, 0.15) is 34.7 Å². The number of ether oxygens (including phenoxy) is 1. The van der Waals surface area contributed by atoms with Gasteiger partial charge in [-0.2, -0.15) is 0 Å². The molecule has 3 aliphatic rings. The summed E-state index contributed by atoms with van der Waals surface area (Å²) in [7, 11) is 0. The first-order valence-corrected chi connectivity index (χ1v) is 11.2. The van der Waals surface area contributed by atoms with Crippen LogP contribution in [0.1, 0.15) is 29.9 Å². The van der Waals surface area contributed by atoms with Crippen LogP contribution in [0.4, 0.5) is 25.1 Å². The summed E-state index contributed by atoms with van der Waals surface area (Å²) in [6, 6.07) is 8.81. The third-order valence-corrected chi connectivity index (χ3v) is 6.86. The average Bonchev–Trinajstić information content (AvgIpc) is 3.68. The molecule has 8 nitrogen and oxygen atoms in total. The van der Waals surface area contributed by atoms with Crippen LogP contribution in [0.25, 0.3) is 0 Å². The summed E-state index contributed by atoms with van der Waals surface area (Å²) >= 11 is 0.